The first kappa shape index (κ1) is 24.3. The lowest BCUT2D eigenvalue weighted by atomic mass is 9.98. The van der Waals surface area contributed by atoms with E-state index in [0.717, 1.165) is 0 Å². The van der Waals surface area contributed by atoms with E-state index in [9.17, 15) is 18.4 Å². The van der Waals surface area contributed by atoms with E-state index in [4.69, 9.17) is 10.5 Å². The number of nitrogens with one attached hydrogen (secondary N) is 2. The normalized spacial score (nSPS) is 10.8. The second kappa shape index (κ2) is 10.2. The number of hydrogen-bond donors (Lipinski definition) is 3. The fourth-order valence-electron chi connectivity index (χ4n) is 3.60. The zero-order valence-corrected chi connectivity index (χ0v) is 19.1. The number of rotatable bonds is 8. The lowest BCUT2D eigenvalue weighted by molar-refractivity contribution is -0.114. The van der Waals surface area contributed by atoms with Crippen molar-refractivity contribution in [3.05, 3.63) is 66.8 Å². The second-order valence-electron chi connectivity index (χ2n) is 7.50. The highest BCUT2D eigenvalue weighted by Gasteiger charge is 2.22. The SMILES string of the molecule is C=C(F)C(=O)Nc1ccc(-c2nn3ncnc(N)c3c2-c2ccc(C(=O)NCCF)c(OC)c2)cc1. The number of benzene rings is 2. The Balaban J connectivity index is 1.83. The van der Waals surface area contributed by atoms with Gasteiger partial charge in [-0.05, 0) is 29.8 Å². The number of carbonyl (C=O) groups excluding carboxylic acids is 2. The Bertz CT molecular complexity index is 1470. The first-order valence-electron chi connectivity index (χ1n) is 10.6. The Hall–Kier alpha value is -4.87. The van der Waals surface area contributed by atoms with Crippen LogP contribution in [-0.4, -0.2) is 52.0 Å². The summed E-state index contributed by atoms with van der Waals surface area (Å²) in [5.41, 5.74) is 9.46. The number of alkyl halides is 1. The Morgan fingerprint density at radius 2 is 1.89 bits per heavy atom. The maximum Gasteiger partial charge on any atom is 0.283 e. The molecule has 2 aromatic heterocycles. The molecule has 0 saturated heterocycles. The van der Waals surface area contributed by atoms with Crippen LogP contribution < -0.4 is 21.1 Å². The number of halogens is 2. The van der Waals surface area contributed by atoms with E-state index < -0.39 is 24.3 Å². The van der Waals surface area contributed by atoms with Crippen LogP contribution in [0.5, 0.6) is 5.75 Å². The van der Waals surface area contributed by atoms with Gasteiger partial charge in [-0.2, -0.15) is 0 Å². The van der Waals surface area contributed by atoms with Gasteiger partial charge in [0.1, 0.15) is 30.0 Å². The first-order valence-corrected chi connectivity index (χ1v) is 10.6. The summed E-state index contributed by atoms with van der Waals surface area (Å²) in [6, 6.07) is 11.4. The maximum atomic E-state index is 13.0. The van der Waals surface area contributed by atoms with Gasteiger partial charge in [-0.25, -0.2) is 13.8 Å². The smallest absolute Gasteiger partial charge is 0.283 e. The topological polar surface area (TPSA) is 137 Å². The van der Waals surface area contributed by atoms with Gasteiger partial charge in [-0.3, -0.25) is 9.59 Å². The molecule has 0 aliphatic carbocycles. The molecule has 2 heterocycles. The van der Waals surface area contributed by atoms with Gasteiger partial charge in [0.2, 0.25) is 0 Å². The van der Waals surface area contributed by atoms with Gasteiger partial charge in [-0.15, -0.1) is 14.8 Å². The van der Waals surface area contributed by atoms with Gasteiger partial charge in [0.05, 0.1) is 12.7 Å². The molecule has 0 unspecified atom stereocenters. The molecule has 10 nitrogen and oxygen atoms in total. The fourth-order valence-corrected chi connectivity index (χ4v) is 3.60. The van der Waals surface area contributed by atoms with Crippen molar-refractivity contribution in [1.82, 2.24) is 25.1 Å². The van der Waals surface area contributed by atoms with E-state index in [2.05, 4.69) is 32.4 Å². The number of fused-ring (bicyclic) bond motifs is 1. The molecule has 184 valence electrons. The van der Waals surface area contributed by atoms with Crippen molar-refractivity contribution >= 4 is 28.8 Å². The molecule has 4 aromatic rings. The summed E-state index contributed by atoms with van der Waals surface area (Å²) in [5, 5.41) is 13.6. The van der Waals surface area contributed by atoms with Gasteiger partial charge in [0.15, 0.2) is 11.6 Å². The first-order chi connectivity index (χ1) is 17.3. The maximum absolute atomic E-state index is 13.0. The number of ether oxygens (including phenoxy) is 1. The molecule has 36 heavy (non-hydrogen) atoms. The van der Waals surface area contributed by atoms with Crippen LogP contribution in [0.25, 0.3) is 27.9 Å². The summed E-state index contributed by atoms with van der Waals surface area (Å²) in [6.45, 7) is 2.16. The number of carbonyl (C=O) groups is 2. The van der Waals surface area contributed by atoms with Crippen molar-refractivity contribution < 1.29 is 23.1 Å². The lowest BCUT2D eigenvalue weighted by Crippen LogP contribution is -2.25. The molecule has 0 fully saturated rings. The minimum Gasteiger partial charge on any atom is -0.496 e. The van der Waals surface area contributed by atoms with E-state index in [-0.39, 0.29) is 23.7 Å². The Kier molecular flexibility index (Phi) is 6.86. The number of amides is 2. The molecule has 2 amide bonds. The number of aromatic nitrogens is 4. The summed E-state index contributed by atoms with van der Waals surface area (Å²) in [7, 11) is 1.42. The van der Waals surface area contributed by atoms with Crippen LogP contribution in [0.4, 0.5) is 20.3 Å². The van der Waals surface area contributed by atoms with E-state index in [1.54, 1.807) is 42.5 Å². The van der Waals surface area contributed by atoms with Crippen molar-refractivity contribution in [3.8, 4) is 28.1 Å². The number of methoxy groups -OCH3 is 1. The largest absolute Gasteiger partial charge is 0.496 e. The van der Waals surface area contributed by atoms with Crippen LogP contribution in [0.2, 0.25) is 0 Å². The second-order valence-corrected chi connectivity index (χ2v) is 7.50. The van der Waals surface area contributed by atoms with Gasteiger partial charge in [0, 0.05) is 23.4 Å². The van der Waals surface area contributed by atoms with Crippen LogP contribution in [0.3, 0.4) is 0 Å². The summed E-state index contributed by atoms with van der Waals surface area (Å²) in [4.78, 5) is 28.0. The zero-order valence-electron chi connectivity index (χ0n) is 19.1. The van der Waals surface area contributed by atoms with E-state index in [0.29, 0.717) is 33.6 Å². The average Bonchev–Trinajstić information content (AvgIpc) is 3.28. The summed E-state index contributed by atoms with van der Waals surface area (Å²) < 4.78 is 32.3. The Morgan fingerprint density at radius 1 is 1.17 bits per heavy atom. The van der Waals surface area contributed by atoms with Gasteiger partial charge >= 0.3 is 0 Å². The summed E-state index contributed by atoms with van der Waals surface area (Å²) in [5.74, 6) is -2.09. The molecular weight excluding hydrogens is 472 g/mol. The van der Waals surface area contributed by atoms with Gasteiger partial charge < -0.3 is 21.1 Å². The highest BCUT2D eigenvalue weighted by atomic mass is 19.1. The monoisotopic (exact) mass is 493 g/mol. The van der Waals surface area contributed by atoms with E-state index in [1.165, 1.54) is 18.1 Å². The molecule has 0 atom stereocenters. The number of nitrogens with two attached hydrogens (primary N) is 1. The fraction of sp³-hybridized carbons (Fsp3) is 0.125. The Morgan fingerprint density at radius 3 is 2.56 bits per heavy atom. The van der Waals surface area contributed by atoms with Crippen LogP contribution in [0.15, 0.2) is 61.2 Å². The number of nitrogen functional groups attached to an aromatic ring is 1. The van der Waals surface area contributed by atoms with Crippen LogP contribution in [0.1, 0.15) is 10.4 Å². The van der Waals surface area contributed by atoms with Crippen molar-refractivity contribution in [1.29, 1.82) is 0 Å². The molecule has 0 spiro atoms. The minimum absolute atomic E-state index is 0.119. The summed E-state index contributed by atoms with van der Waals surface area (Å²) >= 11 is 0. The van der Waals surface area contributed by atoms with Crippen molar-refractivity contribution in [2.75, 3.05) is 31.4 Å². The molecule has 0 saturated carbocycles. The molecule has 0 radical (unpaired) electrons. The molecular formula is C24H21F2N7O3. The summed E-state index contributed by atoms with van der Waals surface area (Å²) in [6.07, 6.45) is 1.27. The number of nitrogens with zero attached hydrogens (tertiary/aromatic N) is 4. The third kappa shape index (κ3) is 4.69. The highest BCUT2D eigenvalue weighted by molar-refractivity contribution is 6.02. The molecule has 2 aromatic carbocycles. The van der Waals surface area contributed by atoms with Crippen LogP contribution in [0, 0.1) is 0 Å². The number of anilines is 2. The minimum atomic E-state index is -1.11. The molecule has 12 heteroatoms. The molecule has 0 aliphatic heterocycles. The standard InChI is InChI=1S/C24H21F2N7O3/c1-13(26)23(34)31-16-6-3-14(4-7-16)20-19(21-22(27)29-12-30-33(21)32-20)15-5-8-17(18(11-15)36-2)24(35)28-10-9-25/h3-8,11-12H,1,9-10H2,2H3,(H,28,35)(H,31,34)(H2,27,29,30). The molecule has 4 rings (SSSR count). The third-order valence-electron chi connectivity index (χ3n) is 5.25. The predicted molar refractivity (Wildman–Crippen MR) is 130 cm³/mol. The van der Waals surface area contributed by atoms with E-state index >= 15 is 0 Å². The van der Waals surface area contributed by atoms with Gasteiger partial charge in [-0.1, -0.05) is 24.8 Å². The van der Waals surface area contributed by atoms with Crippen molar-refractivity contribution in [2.45, 2.75) is 0 Å². The average molecular weight is 493 g/mol. The zero-order chi connectivity index (χ0) is 25.8. The number of hydrogen-bond acceptors (Lipinski definition) is 7. The molecule has 0 bridgehead atoms. The van der Waals surface area contributed by atoms with Gasteiger partial charge in [0.25, 0.3) is 11.8 Å². The third-order valence-corrected chi connectivity index (χ3v) is 5.25. The van der Waals surface area contributed by atoms with Crippen LogP contribution in [-0.2, 0) is 4.79 Å². The molecule has 0 aliphatic rings. The van der Waals surface area contributed by atoms with Crippen molar-refractivity contribution in [2.24, 2.45) is 0 Å². The quantitative estimate of drug-likeness (QED) is 0.321. The van der Waals surface area contributed by atoms with E-state index in [1.807, 2.05) is 0 Å². The molecule has 4 N–H and O–H groups in total. The predicted octanol–water partition coefficient (Wildman–Crippen LogP) is 3.17. The Labute approximate surface area is 203 Å². The van der Waals surface area contributed by atoms with Crippen molar-refractivity contribution in [3.63, 3.8) is 0 Å². The lowest BCUT2D eigenvalue weighted by Gasteiger charge is -2.12. The highest BCUT2D eigenvalue weighted by Crippen LogP contribution is 2.38. The van der Waals surface area contributed by atoms with Crippen LogP contribution >= 0.6 is 0 Å².